The average Bonchev–Trinajstić information content (AvgIpc) is 3.03. The summed E-state index contributed by atoms with van der Waals surface area (Å²) in [5.41, 5.74) is 0.731. The SMILES string of the molecule is CN1CC[C@]2(CCC[C@@H](CNC(=O)c3cccn3C)O2)C1. The van der Waals surface area contributed by atoms with E-state index in [2.05, 4.69) is 17.3 Å². The van der Waals surface area contributed by atoms with Crippen LogP contribution in [-0.4, -0.2) is 53.8 Å². The molecule has 2 fully saturated rings. The van der Waals surface area contributed by atoms with Crippen LogP contribution in [0.1, 0.15) is 36.2 Å². The van der Waals surface area contributed by atoms with Gasteiger partial charge < -0.3 is 19.5 Å². The largest absolute Gasteiger partial charge is 0.369 e. The smallest absolute Gasteiger partial charge is 0.267 e. The highest BCUT2D eigenvalue weighted by Crippen LogP contribution is 2.35. The molecule has 0 aromatic carbocycles. The van der Waals surface area contributed by atoms with Crippen LogP contribution in [0.4, 0.5) is 0 Å². The Labute approximate surface area is 126 Å². The molecule has 5 heteroatoms. The van der Waals surface area contributed by atoms with E-state index in [9.17, 15) is 4.79 Å². The van der Waals surface area contributed by atoms with Crippen LogP contribution in [0.3, 0.4) is 0 Å². The normalized spacial score (nSPS) is 29.9. The van der Waals surface area contributed by atoms with Crippen molar-refractivity contribution in [2.75, 3.05) is 26.7 Å². The van der Waals surface area contributed by atoms with E-state index in [1.165, 1.54) is 6.42 Å². The van der Waals surface area contributed by atoms with Gasteiger partial charge in [0.1, 0.15) is 5.69 Å². The number of nitrogens with zero attached hydrogens (tertiary/aromatic N) is 2. The van der Waals surface area contributed by atoms with E-state index >= 15 is 0 Å². The van der Waals surface area contributed by atoms with Gasteiger partial charge in [-0.2, -0.15) is 0 Å². The Balaban J connectivity index is 1.54. The van der Waals surface area contributed by atoms with Crippen molar-refractivity contribution in [3.63, 3.8) is 0 Å². The van der Waals surface area contributed by atoms with Crippen LogP contribution in [0.2, 0.25) is 0 Å². The maximum Gasteiger partial charge on any atom is 0.267 e. The highest BCUT2D eigenvalue weighted by Gasteiger charge is 2.41. The first kappa shape index (κ1) is 14.6. The van der Waals surface area contributed by atoms with Crippen molar-refractivity contribution in [2.24, 2.45) is 7.05 Å². The van der Waals surface area contributed by atoms with Crippen LogP contribution in [0.5, 0.6) is 0 Å². The second-order valence-electron chi connectivity index (χ2n) is 6.52. The van der Waals surface area contributed by atoms with Crippen molar-refractivity contribution in [2.45, 2.75) is 37.4 Å². The lowest BCUT2D eigenvalue weighted by atomic mass is 9.90. The third kappa shape index (κ3) is 3.14. The van der Waals surface area contributed by atoms with Crippen LogP contribution in [0.15, 0.2) is 18.3 Å². The molecular formula is C16H25N3O2. The molecule has 3 heterocycles. The molecule has 1 N–H and O–H groups in total. The summed E-state index contributed by atoms with van der Waals surface area (Å²) in [7, 11) is 4.04. The molecular weight excluding hydrogens is 266 g/mol. The predicted molar refractivity (Wildman–Crippen MR) is 81.3 cm³/mol. The Morgan fingerprint density at radius 1 is 1.48 bits per heavy atom. The van der Waals surface area contributed by atoms with Crippen molar-refractivity contribution < 1.29 is 9.53 Å². The fourth-order valence-electron chi connectivity index (χ4n) is 3.61. The standard InChI is InChI=1S/C16H25N3O2/c1-18-10-8-16(12-18)7-3-5-13(21-16)11-17-15(20)14-6-4-9-19(14)2/h4,6,9,13H,3,5,7-8,10-12H2,1-2H3,(H,17,20)/t13-,16+/m0/s1. The van der Waals surface area contributed by atoms with Gasteiger partial charge in [0.15, 0.2) is 0 Å². The minimum absolute atomic E-state index is 0.0192. The first-order valence-corrected chi connectivity index (χ1v) is 7.84. The molecule has 2 aliphatic rings. The third-order valence-electron chi connectivity index (χ3n) is 4.75. The fourth-order valence-corrected chi connectivity index (χ4v) is 3.61. The van der Waals surface area contributed by atoms with Gasteiger partial charge >= 0.3 is 0 Å². The number of aromatic nitrogens is 1. The summed E-state index contributed by atoms with van der Waals surface area (Å²) in [5, 5.41) is 3.01. The van der Waals surface area contributed by atoms with Crippen molar-refractivity contribution >= 4 is 5.91 Å². The van der Waals surface area contributed by atoms with Gasteiger partial charge in [0.2, 0.25) is 0 Å². The zero-order chi connectivity index (χ0) is 14.9. The monoisotopic (exact) mass is 291 g/mol. The van der Waals surface area contributed by atoms with Gasteiger partial charge in [-0.3, -0.25) is 4.79 Å². The van der Waals surface area contributed by atoms with Crippen LogP contribution < -0.4 is 5.32 Å². The Morgan fingerprint density at radius 3 is 3.00 bits per heavy atom. The molecule has 0 aliphatic carbocycles. The third-order valence-corrected chi connectivity index (χ3v) is 4.75. The summed E-state index contributed by atoms with van der Waals surface area (Å²) in [5.74, 6) is -0.0192. The van der Waals surface area contributed by atoms with E-state index in [4.69, 9.17) is 4.74 Å². The Morgan fingerprint density at radius 2 is 2.33 bits per heavy atom. The second kappa shape index (κ2) is 5.81. The van der Waals surface area contributed by atoms with E-state index in [1.54, 1.807) is 0 Å². The van der Waals surface area contributed by atoms with Gasteiger partial charge in [0.25, 0.3) is 5.91 Å². The van der Waals surface area contributed by atoms with Gasteiger partial charge in [-0.25, -0.2) is 0 Å². The second-order valence-corrected chi connectivity index (χ2v) is 6.52. The Hall–Kier alpha value is -1.33. The molecule has 1 aromatic heterocycles. The zero-order valence-electron chi connectivity index (χ0n) is 13.0. The van der Waals surface area contributed by atoms with Gasteiger partial charge in [0, 0.05) is 32.9 Å². The van der Waals surface area contributed by atoms with Gasteiger partial charge in [0.05, 0.1) is 11.7 Å². The minimum atomic E-state index is -0.0192. The first-order valence-electron chi connectivity index (χ1n) is 7.84. The first-order chi connectivity index (χ1) is 10.1. The van der Waals surface area contributed by atoms with Gasteiger partial charge in [-0.15, -0.1) is 0 Å². The molecule has 1 spiro atoms. The molecule has 116 valence electrons. The molecule has 2 saturated heterocycles. The van der Waals surface area contributed by atoms with Crippen LogP contribution in [-0.2, 0) is 11.8 Å². The van der Waals surface area contributed by atoms with E-state index in [0.717, 1.165) is 32.4 Å². The van der Waals surface area contributed by atoms with Crippen molar-refractivity contribution in [3.8, 4) is 0 Å². The maximum atomic E-state index is 12.1. The zero-order valence-corrected chi connectivity index (χ0v) is 13.0. The minimum Gasteiger partial charge on any atom is -0.369 e. The maximum absolute atomic E-state index is 12.1. The number of hydrogen-bond acceptors (Lipinski definition) is 3. The van der Waals surface area contributed by atoms with E-state index < -0.39 is 0 Å². The molecule has 0 radical (unpaired) electrons. The Kier molecular flexibility index (Phi) is 4.04. The fraction of sp³-hybridized carbons (Fsp3) is 0.688. The lowest BCUT2D eigenvalue weighted by Crippen LogP contribution is -2.46. The predicted octanol–water partition coefficient (Wildman–Crippen LogP) is 1.40. The molecule has 1 aromatic rings. The summed E-state index contributed by atoms with van der Waals surface area (Å²) in [6.07, 6.45) is 6.53. The topological polar surface area (TPSA) is 46.5 Å². The summed E-state index contributed by atoms with van der Waals surface area (Å²) in [4.78, 5) is 14.5. The number of aryl methyl sites for hydroxylation is 1. The molecule has 2 aliphatic heterocycles. The number of likely N-dealkylation sites (N-methyl/N-ethyl adjacent to an activating group) is 1. The van der Waals surface area contributed by atoms with Crippen LogP contribution in [0.25, 0.3) is 0 Å². The van der Waals surface area contributed by atoms with Crippen molar-refractivity contribution in [1.29, 1.82) is 0 Å². The van der Waals surface area contributed by atoms with E-state index in [1.807, 2.05) is 29.9 Å². The van der Waals surface area contributed by atoms with E-state index in [0.29, 0.717) is 12.2 Å². The number of hydrogen-bond donors (Lipinski definition) is 1. The van der Waals surface area contributed by atoms with Crippen molar-refractivity contribution in [1.82, 2.24) is 14.8 Å². The summed E-state index contributed by atoms with van der Waals surface area (Å²) < 4.78 is 8.18. The van der Waals surface area contributed by atoms with Crippen LogP contribution >= 0.6 is 0 Å². The number of carbonyl (C=O) groups is 1. The number of ether oxygens (including phenoxy) is 1. The quantitative estimate of drug-likeness (QED) is 0.915. The molecule has 2 atom stereocenters. The van der Waals surface area contributed by atoms with Gasteiger partial charge in [-0.05, 0) is 44.9 Å². The highest BCUT2D eigenvalue weighted by atomic mass is 16.5. The molecule has 0 unspecified atom stereocenters. The summed E-state index contributed by atoms with van der Waals surface area (Å²) >= 11 is 0. The Bertz CT molecular complexity index is 509. The number of rotatable bonds is 3. The van der Waals surface area contributed by atoms with Gasteiger partial charge in [-0.1, -0.05) is 0 Å². The lowest BCUT2D eigenvalue weighted by Gasteiger charge is -2.38. The molecule has 5 nitrogen and oxygen atoms in total. The number of carbonyl (C=O) groups excluding carboxylic acids is 1. The van der Waals surface area contributed by atoms with Crippen LogP contribution in [0, 0.1) is 0 Å². The lowest BCUT2D eigenvalue weighted by molar-refractivity contribution is -0.117. The van der Waals surface area contributed by atoms with Crippen molar-refractivity contribution in [3.05, 3.63) is 24.0 Å². The molecule has 3 rings (SSSR count). The number of amides is 1. The molecule has 1 amide bonds. The molecule has 0 saturated carbocycles. The van der Waals surface area contributed by atoms with E-state index in [-0.39, 0.29) is 17.6 Å². The summed E-state index contributed by atoms with van der Waals surface area (Å²) in [6, 6.07) is 3.72. The number of likely N-dealkylation sites (tertiary alicyclic amines) is 1. The number of nitrogens with one attached hydrogen (secondary N) is 1. The summed E-state index contributed by atoms with van der Waals surface area (Å²) in [6.45, 7) is 2.74. The highest BCUT2D eigenvalue weighted by molar-refractivity contribution is 5.92. The average molecular weight is 291 g/mol. The molecule has 21 heavy (non-hydrogen) atoms. The molecule has 0 bridgehead atoms.